The predicted molar refractivity (Wildman–Crippen MR) is 117 cm³/mol. The van der Waals surface area contributed by atoms with Gasteiger partial charge in [0.1, 0.15) is 12.4 Å². The van der Waals surface area contributed by atoms with Crippen LogP contribution in [0.15, 0.2) is 53.1 Å². The lowest BCUT2D eigenvalue weighted by Crippen LogP contribution is -2.14. The molecular formula is C24H29N3O3. The molecule has 0 radical (unpaired) electrons. The molecule has 0 atom stereocenters. The Bertz CT molecular complexity index is 975. The van der Waals surface area contributed by atoms with Crippen molar-refractivity contribution in [2.75, 3.05) is 5.32 Å². The van der Waals surface area contributed by atoms with Gasteiger partial charge in [-0.25, -0.2) is 0 Å². The number of carbonyl (C=O) groups excluding carboxylic acids is 1. The third kappa shape index (κ3) is 6.17. The number of anilines is 1. The highest BCUT2D eigenvalue weighted by atomic mass is 16.5. The molecular weight excluding hydrogens is 378 g/mol. The van der Waals surface area contributed by atoms with Gasteiger partial charge in [0.2, 0.25) is 11.8 Å². The standard InChI is InChI=1S/C24H29N3O3/c1-17-13-14-19(20(15-17)29-16-18-9-6-5-7-10-18)25-21(28)11-8-12-22-26-23(27-30-22)24(2,3)4/h5-7,9-10,13-15H,8,11-12,16H2,1-4H3,(H,25,28). The second kappa shape index (κ2) is 9.57. The zero-order chi connectivity index (χ0) is 21.6. The van der Waals surface area contributed by atoms with Crippen LogP contribution in [0.5, 0.6) is 5.75 Å². The number of aryl methyl sites for hydroxylation is 2. The van der Waals surface area contributed by atoms with E-state index in [-0.39, 0.29) is 11.3 Å². The van der Waals surface area contributed by atoms with Gasteiger partial charge in [0.25, 0.3) is 0 Å². The summed E-state index contributed by atoms with van der Waals surface area (Å²) < 4.78 is 11.3. The Balaban J connectivity index is 1.53. The van der Waals surface area contributed by atoms with Gasteiger partial charge in [0.05, 0.1) is 5.69 Å². The Hall–Kier alpha value is -3.15. The average Bonchev–Trinajstić information content (AvgIpc) is 3.18. The smallest absolute Gasteiger partial charge is 0.226 e. The van der Waals surface area contributed by atoms with E-state index in [1.165, 1.54) is 0 Å². The number of carbonyl (C=O) groups is 1. The molecule has 0 spiro atoms. The first-order valence-corrected chi connectivity index (χ1v) is 10.2. The van der Waals surface area contributed by atoms with Crippen LogP contribution in [0, 0.1) is 6.92 Å². The first-order chi connectivity index (χ1) is 14.3. The number of ether oxygens (including phenoxy) is 1. The summed E-state index contributed by atoms with van der Waals surface area (Å²) >= 11 is 0. The Morgan fingerprint density at radius 1 is 1.13 bits per heavy atom. The molecule has 0 aliphatic rings. The minimum absolute atomic E-state index is 0.0704. The maximum absolute atomic E-state index is 12.4. The van der Waals surface area contributed by atoms with E-state index >= 15 is 0 Å². The fraction of sp³-hybridized carbons (Fsp3) is 0.375. The topological polar surface area (TPSA) is 77.3 Å². The minimum Gasteiger partial charge on any atom is -0.487 e. The van der Waals surface area contributed by atoms with Gasteiger partial charge in [-0.1, -0.05) is 62.3 Å². The number of amides is 1. The van der Waals surface area contributed by atoms with Crippen molar-refractivity contribution in [2.24, 2.45) is 0 Å². The van der Waals surface area contributed by atoms with E-state index in [1.807, 2.05) is 76.2 Å². The summed E-state index contributed by atoms with van der Waals surface area (Å²) in [6.07, 6.45) is 1.56. The molecule has 1 heterocycles. The van der Waals surface area contributed by atoms with Gasteiger partial charge < -0.3 is 14.6 Å². The molecule has 0 saturated heterocycles. The number of benzene rings is 2. The normalized spacial score (nSPS) is 11.3. The number of rotatable bonds is 8. The van der Waals surface area contributed by atoms with Crippen LogP contribution in [-0.4, -0.2) is 16.0 Å². The largest absolute Gasteiger partial charge is 0.487 e. The molecule has 1 aromatic heterocycles. The van der Waals surface area contributed by atoms with Crippen molar-refractivity contribution in [2.45, 2.75) is 59.0 Å². The molecule has 30 heavy (non-hydrogen) atoms. The first kappa shape index (κ1) is 21.6. The summed E-state index contributed by atoms with van der Waals surface area (Å²) in [5.41, 5.74) is 2.67. The average molecular weight is 408 g/mol. The van der Waals surface area contributed by atoms with Crippen molar-refractivity contribution < 1.29 is 14.1 Å². The van der Waals surface area contributed by atoms with Gasteiger partial charge in [-0.15, -0.1) is 0 Å². The Kier molecular flexibility index (Phi) is 6.87. The first-order valence-electron chi connectivity index (χ1n) is 10.2. The predicted octanol–water partition coefficient (Wildman–Crippen LogP) is 5.22. The van der Waals surface area contributed by atoms with Gasteiger partial charge in [-0.2, -0.15) is 4.98 Å². The van der Waals surface area contributed by atoms with Crippen LogP contribution in [0.4, 0.5) is 5.69 Å². The van der Waals surface area contributed by atoms with Gasteiger partial charge >= 0.3 is 0 Å². The maximum Gasteiger partial charge on any atom is 0.226 e. The molecule has 0 unspecified atom stereocenters. The van der Waals surface area contributed by atoms with Crippen LogP contribution in [0.3, 0.4) is 0 Å². The van der Waals surface area contributed by atoms with Crippen LogP contribution >= 0.6 is 0 Å². The van der Waals surface area contributed by atoms with Gasteiger partial charge in [-0.3, -0.25) is 4.79 Å². The highest BCUT2D eigenvalue weighted by Crippen LogP contribution is 2.27. The van der Waals surface area contributed by atoms with Gasteiger partial charge in [0, 0.05) is 18.3 Å². The van der Waals surface area contributed by atoms with Crippen LogP contribution in [0.1, 0.15) is 56.5 Å². The van der Waals surface area contributed by atoms with Gasteiger partial charge in [-0.05, 0) is 36.6 Å². The van der Waals surface area contributed by atoms with Gasteiger partial charge in [0.15, 0.2) is 5.82 Å². The lowest BCUT2D eigenvalue weighted by atomic mass is 9.96. The summed E-state index contributed by atoms with van der Waals surface area (Å²) in [6, 6.07) is 15.7. The lowest BCUT2D eigenvalue weighted by Gasteiger charge is -2.13. The van der Waals surface area contributed by atoms with E-state index in [2.05, 4.69) is 15.5 Å². The molecule has 2 aromatic carbocycles. The fourth-order valence-electron chi connectivity index (χ4n) is 2.86. The van der Waals surface area contributed by atoms with Crippen LogP contribution in [0.2, 0.25) is 0 Å². The SMILES string of the molecule is Cc1ccc(NC(=O)CCCc2nc(C(C)(C)C)no2)c(OCc2ccccc2)c1. The third-order valence-electron chi connectivity index (χ3n) is 4.58. The zero-order valence-corrected chi connectivity index (χ0v) is 18.1. The minimum atomic E-state index is -0.152. The second-order valence-electron chi connectivity index (χ2n) is 8.44. The Morgan fingerprint density at radius 2 is 1.90 bits per heavy atom. The molecule has 6 nitrogen and oxygen atoms in total. The van der Waals surface area contributed by atoms with Crippen molar-refractivity contribution in [1.29, 1.82) is 0 Å². The summed E-state index contributed by atoms with van der Waals surface area (Å²) in [4.78, 5) is 16.9. The summed E-state index contributed by atoms with van der Waals surface area (Å²) in [6.45, 7) is 8.55. The molecule has 0 fully saturated rings. The van der Waals surface area contributed by atoms with E-state index in [0.29, 0.717) is 49.0 Å². The van der Waals surface area contributed by atoms with E-state index in [9.17, 15) is 4.79 Å². The fourth-order valence-corrected chi connectivity index (χ4v) is 2.86. The van der Waals surface area contributed by atoms with Crippen molar-refractivity contribution in [3.63, 3.8) is 0 Å². The van der Waals surface area contributed by atoms with Crippen LogP contribution in [-0.2, 0) is 23.2 Å². The summed E-state index contributed by atoms with van der Waals surface area (Å²) in [7, 11) is 0. The summed E-state index contributed by atoms with van der Waals surface area (Å²) in [5, 5.41) is 6.97. The molecule has 0 saturated carbocycles. The Morgan fingerprint density at radius 3 is 2.60 bits per heavy atom. The van der Waals surface area contributed by atoms with Crippen LogP contribution < -0.4 is 10.1 Å². The van der Waals surface area contributed by atoms with Crippen molar-refractivity contribution in [1.82, 2.24) is 10.1 Å². The van der Waals surface area contributed by atoms with E-state index in [0.717, 1.165) is 11.1 Å². The maximum atomic E-state index is 12.4. The Labute approximate surface area is 177 Å². The highest BCUT2D eigenvalue weighted by Gasteiger charge is 2.20. The second-order valence-corrected chi connectivity index (χ2v) is 8.44. The molecule has 158 valence electrons. The molecule has 3 aromatic rings. The van der Waals surface area contributed by atoms with Crippen LogP contribution in [0.25, 0.3) is 0 Å². The molecule has 0 aliphatic carbocycles. The molecule has 1 N–H and O–H groups in total. The molecule has 3 rings (SSSR count). The molecule has 0 aliphatic heterocycles. The van der Waals surface area contributed by atoms with Crippen molar-refractivity contribution >= 4 is 11.6 Å². The molecule has 0 bridgehead atoms. The number of nitrogens with zero attached hydrogens (tertiary/aromatic N) is 2. The monoisotopic (exact) mass is 407 g/mol. The zero-order valence-electron chi connectivity index (χ0n) is 18.1. The summed E-state index contributed by atoms with van der Waals surface area (Å²) in [5.74, 6) is 1.84. The molecule has 1 amide bonds. The van der Waals surface area contributed by atoms with E-state index in [1.54, 1.807) is 0 Å². The number of hydrogen-bond acceptors (Lipinski definition) is 5. The number of hydrogen-bond donors (Lipinski definition) is 1. The van der Waals surface area contributed by atoms with E-state index in [4.69, 9.17) is 9.26 Å². The third-order valence-corrected chi connectivity index (χ3v) is 4.58. The van der Waals surface area contributed by atoms with Crippen molar-refractivity contribution in [3.05, 3.63) is 71.4 Å². The quantitative estimate of drug-likeness (QED) is 0.554. The molecule has 6 heteroatoms. The number of aromatic nitrogens is 2. The highest BCUT2D eigenvalue weighted by molar-refractivity contribution is 5.92. The van der Waals surface area contributed by atoms with E-state index < -0.39 is 0 Å². The lowest BCUT2D eigenvalue weighted by molar-refractivity contribution is -0.116. The number of nitrogens with one attached hydrogen (secondary N) is 1. The van der Waals surface area contributed by atoms with Crippen molar-refractivity contribution in [3.8, 4) is 5.75 Å².